The van der Waals surface area contributed by atoms with Crippen LogP contribution in [0.5, 0.6) is 5.75 Å². The Bertz CT molecular complexity index is 329. The van der Waals surface area contributed by atoms with E-state index in [1.165, 1.54) is 12.3 Å². The van der Waals surface area contributed by atoms with Crippen molar-refractivity contribution in [2.45, 2.75) is 13.5 Å². The normalized spacial score (nSPS) is 10.9. The van der Waals surface area contributed by atoms with Gasteiger partial charge >= 0.3 is 6.61 Å². The molecule has 0 amide bonds. The summed E-state index contributed by atoms with van der Waals surface area (Å²) in [5.74, 6) is 0.0796. The first kappa shape index (κ1) is 11.4. The Labute approximate surface area is 86.3 Å². The smallest absolute Gasteiger partial charge is 0.387 e. The topological polar surface area (TPSA) is 30.8 Å². The number of alkyl halides is 2. The lowest BCUT2D eigenvalue weighted by Crippen LogP contribution is -2.04. The summed E-state index contributed by atoms with van der Waals surface area (Å²) in [6.07, 6.45) is 1.33. The minimum Gasteiger partial charge on any atom is -0.434 e. The number of oxime groups is 1. The summed E-state index contributed by atoms with van der Waals surface area (Å²) in [4.78, 5) is 4.72. The zero-order valence-corrected chi connectivity index (χ0v) is 8.19. The maximum atomic E-state index is 12.0. The van der Waals surface area contributed by atoms with Crippen molar-refractivity contribution in [3.8, 4) is 5.75 Å². The minimum absolute atomic E-state index is 0.0796. The van der Waals surface area contributed by atoms with Crippen LogP contribution in [-0.2, 0) is 4.84 Å². The summed E-state index contributed by atoms with van der Waals surface area (Å²) in [7, 11) is 0. The van der Waals surface area contributed by atoms with Crippen molar-refractivity contribution in [1.29, 1.82) is 0 Å². The maximum Gasteiger partial charge on any atom is 0.387 e. The quantitative estimate of drug-likeness (QED) is 0.558. The Balaban J connectivity index is 2.76. The highest BCUT2D eigenvalue weighted by atomic mass is 19.3. The van der Waals surface area contributed by atoms with Gasteiger partial charge in [-0.15, -0.1) is 0 Å². The first-order chi connectivity index (χ1) is 7.24. The Morgan fingerprint density at radius 1 is 1.40 bits per heavy atom. The molecule has 0 aliphatic rings. The third-order valence-electron chi connectivity index (χ3n) is 1.53. The van der Waals surface area contributed by atoms with Crippen LogP contribution in [-0.4, -0.2) is 19.4 Å². The van der Waals surface area contributed by atoms with Crippen LogP contribution in [0.1, 0.15) is 12.5 Å². The SMILES string of the molecule is CCO/N=C/c1ccccc1OC(F)F. The largest absolute Gasteiger partial charge is 0.434 e. The number of para-hydroxylation sites is 1. The summed E-state index contributed by atoms with van der Waals surface area (Å²) < 4.78 is 28.3. The minimum atomic E-state index is -2.84. The second-order valence-electron chi connectivity index (χ2n) is 2.57. The third kappa shape index (κ3) is 3.93. The van der Waals surface area contributed by atoms with Crippen LogP contribution in [0, 0.1) is 0 Å². The predicted molar refractivity (Wildman–Crippen MR) is 52.3 cm³/mol. The molecule has 0 radical (unpaired) electrons. The molecule has 0 bridgehead atoms. The van der Waals surface area contributed by atoms with Crippen molar-refractivity contribution >= 4 is 6.21 Å². The van der Waals surface area contributed by atoms with Crippen LogP contribution in [0.2, 0.25) is 0 Å². The van der Waals surface area contributed by atoms with Gasteiger partial charge in [-0.2, -0.15) is 8.78 Å². The molecular formula is C10H11F2NO2. The van der Waals surface area contributed by atoms with Gasteiger partial charge in [0.05, 0.1) is 6.21 Å². The molecule has 0 saturated heterocycles. The van der Waals surface area contributed by atoms with E-state index in [4.69, 9.17) is 4.84 Å². The van der Waals surface area contributed by atoms with Crippen LogP contribution in [0.15, 0.2) is 29.4 Å². The molecule has 0 atom stereocenters. The van der Waals surface area contributed by atoms with Gasteiger partial charge in [0.1, 0.15) is 12.4 Å². The molecule has 5 heteroatoms. The molecule has 0 unspecified atom stereocenters. The number of ether oxygens (including phenoxy) is 1. The van der Waals surface area contributed by atoms with Gasteiger partial charge in [-0.25, -0.2) is 0 Å². The van der Waals surface area contributed by atoms with E-state index in [0.717, 1.165) is 0 Å². The molecule has 15 heavy (non-hydrogen) atoms. The molecule has 0 N–H and O–H groups in total. The molecule has 0 saturated carbocycles. The van der Waals surface area contributed by atoms with Crippen LogP contribution in [0.25, 0.3) is 0 Å². The van der Waals surface area contributed by atoms with E-state index in [1.807, 2.05) is 0 Å². The van der Waals surface area contributed by atoms with Crippen molar-refractivity contribution in [2.24, 2.45) is 5.16 Å². The van der Waals surface area contributed by atoms with Crippen molar-refractivity contribution < 1.29 is 18.4 Å². The van der Waals surface area contributed by atoms with Gasteiger partial charge in [-0.3, -0.25) is 0 Å². The lowest BCUT2D eigenvalue weighted by Gasteiger charge is -2.06. The zero-order chi connectivity index (χ0) is 11.1. The summed E-state index contributed by atoms with van der Waals surface area (Å²) in [5.41, 5.74) is 0.450. The Kier molecular flexibility index (Phi) is 4.53. The highest BCUT2D eigenvalue weighted by Gasteiger charge is 2.07. The fraction of sp³-hybridized carbons (Fsp3) is 0.300. The Hall–Kier alpha value is -1.65. The fourth-order valence-electron chi connectivity index (χ4n) is 0.959. The van der Waals surface area contributed by atoms with Crippen LogP contribution in [0.4, 0.5) is 8.78 Å². The van der Waals surface area contributed by atoms with Gasteiger partial charge in [0, 0.05) is 5.56 Å². The van der Waals surface area contributed by atoms with Gasteiger partial charge in [0.2, 0.25) is 0 Å². The van der Waals surface area contributed by atoms with Crippen LogP contribution in [0.3, 0.4) is 0 Å². The third-order valence-corrected chi connectivity index (χ3v) is 1.53. The average Bonchev–Trinajstić information content (AvgIpc) is 2.20. The average molecular weight is 215 g/mol. The molecule has 1 rings (SSSR count). The van der Waals surface area contributed by atoms with Gasteiger partial charge in [-0.1, -0.05) is 17.3 Å². The Morgan fingerprint density at radius 2 is 2.13 bits per heavy atom. The Morgan fingerprint density at radius 3 is 2.80 bits per heavy atom. The molecule has 3 nitrogen and oxygen atoms in total. The second-order valence-corrected chi connectivity index (χ2v) is 2.57. The van der Waals surface area contributed by atoms with Gasteiger partial charge in [0.25, 0.3) is 0 Å². The molecule has 1 aromatic carbocycles. The van der Waals surface area contributed by atoms with E-state index in [-0.39, 0.29) is 5.75 Å². The molecule has 0 fully saturated rings. The lowest BCUT2D eigenvalue weighted by molar-refractivity contribution is -0.0499. The number of halogens is 2. The number of hydrogen-bond acceptors (Lipinski definition) is 3. The monoisotopic (exact) mass is 215 g/mol. The molecule has 1 aromatic rings. The number of hydrogen-bond donors (Lipinski definition) is 0. The predicted octanol–water partition coefficient (Wildman–Crippen LogP) is 2.66. The molecule has 0 spiro atoms. The van der Waals surface area contributed by atoms with E-state index in [9.17, 15) is 8.78 Å². The van der Waals surface area contributed by atoms with E-state index in [2.05, 4.69) is 9.89 Å². The number of nitrogens with zero attached hydrogens (tertiary/aromatic N) is 1. The van der Waals surface area contributed by atoms with Crippen molar-refractivity contribution in [2.75, 3.05) is 6.61 Å². The molecule has 0 aromatic heterocycles. The van der Waals surface area contributed by atoms with E-state index < -0.39 is 6.61 Å². The van der Waals surface area contributed by atoms with E-state index in [1.54, 1.807) is 25.1 Å². The molecule has 0 aliphatic carbocycles. The number of benzene rings is 1. The summed E-state index contributed by atoms with van der Waals surface area (Å²) in [5, 5.41) is 3.58. The van der Waals surface area contributed by atoms with Gasteiger partial charge in [0.15, 0.2) is 0 Å². The first-order valence-electron chi connectivity index (χ1n) is 4.43. The van der Waals surface area contributed by atoms with Crippen molar-refractivity contribution in [3.05, 3.63) is 29.8 Å². The molecule has 82 valence electrons. The second kappa shape index (κ2) is 5.95. The molecule has 0 aliphatic heterocycles. The zero-order valence-electron chi connectivity index (χ0n) is 8.19. The van der Waals surface area contributed by atoms with E-state index >= 15 is 0 Å². The van der Waals surface area contributed by atoms with Crippen LogP contribution >= 0.6 is 0 Å². The van der Waals surface area contributed by atoms with Gasteiger partial charge in [-0.05, 0) is 19.1 Å². The molecule has 0 heterocycles. The summed E-state index contributed by atoms with van der Waals surface area (Å²) in [6.45, 7) is -0.639. The number of rotatable bonds is 5. The maximum absolute atomic E-state index is 12.0. The highest BCUT2D eigenvalue weighted by Crippen LogP contribution is 2.18. The fourth-order valence-corrected chi connectivity index (χ4v) is 0.959. The molecular weight excluding hydrogens is 204 g/mol. The lowest BCUT2D eigenvalue weighted by atomic mass is 10.2. The summed E-state index contributed by atoms with van der Waals surface area (Å²) >= 11 is 0. The van der Waals surface area contributed by atoms with Crippen LogP contribution < -0.4 is 4.74 Å². The summed E-state index contributed by atoms with van der Waals surface area (Å²) in [6, 6.07) is 6.36. The van der Waals surface area contributed by atoms with Crippen molar-refractivity contribution in [3.63, 3.8) is 0 Å². The first-order valence-corrected chi connectivity index (χ1v) is 4.43. The van der Waals surface area contributed by atoms with Crippen molar-refractivity contribution in [1.82, 2.24) is 0 Å². The standard InChI is InChI=1S/C10H11F2NO2/c1-2-14-13-7-8-5-3-4-6-9(8)15-10(11)12/h3-7,10H,2H2,1H3/b13-7+. The van der Waals surface area contributed by atoms with Gasteiger partial charge < -0.3 is 9.57 Å². The van der Waals surface area contributed by atoms with E-state index in [0.29, 0.717) is 12.2 Å². The highest BCUT2D eigenvalue weighted by molar-refractivity contribution is 5.82.